The zero-order valence-corrected chi connectivity index (χ0v) is 17.5. The summed E-state index contributed by atoms with van der Waals surface area (Å²) in [7, 11) is 1.33. The van der Waals surface area contributed by atoms with Crippen molar-refractivity contribution in [3.05, 3.63) is 71.9 Å². The first-order chi connectivity index (χ1) is 15.3. The number of nitrogens with one attached hydrogen (secondary N) is 1. The molecule has 4 aromatic rings. The maximum Gasteiger partial charge on any atom is 0.573 e. The van der Waals surface area contributed by atoms with Crippen molar-refractivity contribution >= 4 is 33.3 Å². The number of methoxy groups -OCH3 is 1. The Bertz CT molecular complexity index is 1260. The van der Waals surface area contributed by atoms with Crippen LogP contribution in [-0.2, 0) is 11.3 Å². The first kappa shape index (κ1) is 21.6. The summed E-state index contributed by atoms with van der Waals surface area (Å²) >= 11 is 1.43. The third-order valence-corrected chi connectivity index (χ3v) is 5.49. The molecule has 0 atom stereocenters. The molecule has 0 fully saturated rings. The Balaban J connectivity index is 1.44. The van der Waals surface area contributed by atoms with Crippen LogP contribution in [0.1, 0.15) is 15.9 Å². The number of aromatic nitrogens is 2. The number of hydrogen-bond donors (Lipinski definition) is 1. The molecule has 164 valence electrons. The van der Waals surface area contributed by atoms with Crippen LogP contribution in [0.3, 0.4) is 0 Å². The molecular formula is C22H16F3N3O3S. The number of benzene rings is 2. The van der Waals surface area contributed by atoms with Gasteiger partial charge in [0.2, 0.25) is 0 Å². The molecule has 2 aromatic carbocycles. The predicted octanol–water partition coefficient (Wildman–Crippen LogP) is 5.66. The van der Waals surface area contributed by atoms with E-state index in [0.717, 1.165) is 20.8 Å². The minimum atomic E-state index is -4.73. The summed E-state index contributed by atoms with van der Waals surface area (Å²) in [6.07, 6.45) is -3.07. The van der Waals surface area contributed by atoms with Gasteiger partial charge >= 0.3 is 12.3 Å². The van der Waals surface area contributed by atoms with Crippen LogP contribution < -0.4 is 10.1 Å². The molecule has 0 aliphatic rings. The lowest BCUT2D eigenvalue weighted by molar-refractivity contribution is -0.274. The van der Waals surface area contributed by atoms with Crippen LogP contribution in [0.15, 0.2) is 60.8 Å². The molecule has 0 aliphatic heterocycles. The van der Waals surface area contributed by atoms with Gasteiger partial charge in [0.25, 0.3) is 0 Å². The summed E-state index contributed by atoms with van der Waals surface area (Å²) in [5, 5.41) is 3.81. The predicted molar refractivity (Wildman–Crippen MR) is 115 cm³/mol. The number of hydrogen-bond acceptors (Lipinski definition) is 7. The maximum absolute atomic E-state index is 12.4. The van der Waals surface area contributed by atoms with Crippen LogP contribution in [0.4, 0.5) is 19.0 Å². The molecule has 2 aromatic heterocycles. The highest BCUT2D eigenvalue weighted by atomic mass is 32.1. The molecule has 0 saturated carbocycles. The second-order valence-electron chi connectivity index (χ2n) is 6.67. The van der Waals surface area contributed by atoms with Crippen molar-refractivity contribution in [3.63, 3.8) is 0 Å². The van der Waals surface area contributed by atoms with Crippen molar-refractivity contribution in [2.24, 2.45) is 0 Å². The van der Waals surface area contributed by atoms with Gasteiger partial charge in [-0.2, -0.15) is 0 Å². The van der Waals surface area contributed by atoms with E-state index in [9.17, 15) is 18.0 Å². The number of thiazole rings is 1. The number of fused-ring (bicyclic) bond motifs is 1. The van der Waals surface area contributed by atoms with Crippen molar-refractivity contribution in [1.82, 2.24) is 9.97 Å². The Labute approximate surface area is 184 Å². The van der Waals surface area contributed by atoms with Crippen LogP contribution in [0.25, 0.3) is 20.8 Å². The first-order valence-electron chi connectivity index (χ1n) is 9.34. The van der Waals surface area contributed by atoms with Gasteiger partial charge in [0.1, 0.15) is 16.6 Å². The highest BCUT2D eigenvalue weighted by Crippen LogP contribution is 2.31. The van der Waals surface area contributed by atoms with E-state index in [1.165, 1.54) is 36.6 Å². The van der Waals surface area contributed by atoms with Gasteiger partial charge in [-0.25, -0.2) is 14.8 Å². The van der Waals surface area contributed by atoms with E-state index in [4.69, 9.17) is 4.74 Å². The number of rotatable bonds is 6. The number of carbonyl (C=O) groups excluding carboxylic acids is 1. The number of carbonyl (C=O) groups is 1. The number of halogens is 3. The molecule has 4 rings (SSSR count). The van der Waals surface area contributed by atoms with Gasteiger partial charge in [0.05, 0.1) is 22.9 Å². The molecule has 32 heavy (non-hydrogen) atoms. The van der Waals surface area contributed by atoms with E-state index in [1.54, 1.807) is 36.5 Å². The lowest BCUT2D eigenvalue weighted by Crippen LogP contribution is -2.17. The molecule has 1 N–H and O–H groups in total. The van der Waals surface area contributed by atoms with E-state index < -0.39 is 12.3 Å². The van der Waals surface area contributed by atoms with Gasteiger partial charge in [-0.3, -0.25) is 0 Å². The zero-order valence-electron chi connectivity index (χ0n) is 16.6. The Kier molecular flexibility index (Phi) is 5.95. The topological polar surface area (TPSA) is 73.3 Å². The van der Waals surface area contributed by atoms with Gasteiger partial charge in [-0.1, -0.05) is 12.1 Å². The molecule has 0 spiro atoms. The van der Waals surface area contributed by atoms with Crippen molar-refractivity contribution in [3.8, 4) is 16.3 Å². The van der Waals surface area contributed by atoms with E-state index in [2.05, 4.69) is 20.0 Å². The highest BCUT2D eigenvalue weighted by molar-refractivity contribution is 7.21. The molecule has 2 heterocycles. The zero-order chi connectivity index (χ0) is 22.7. The fourth-order valence-corrected chi connectivity index (χ4v) is 3.96. The first-order valence-corrected chi connectivity index (χ1v) is 10.2. The normalized spacial score (nSPS) is 11.4. The van der Waals surface area contributed by atoms with Crippen LogP contribution >= 0.6 is 11.3 Å². The molecule has 0 saturated heterocycles. The summed E-state index contributed by atoms with van der Waals surface area (Å²) in [5.74, 6) is -0.120. The molecular weight excluding hydrogens is 443 g/mol. The quantitative estimate of drug-likeness (QED) is 0.376. The minimum absolute atomic E-state index is 0.272. The van der Waals surface area contributed by atoms with Crippen molar-refractivity contribution in [2.75, 3.05) is 12.4 Å². The molecule has 10 heteroatoms. The summed E-state index contributed by atoms with van der Waals surface area (Å²) in [6.45, 7) is 0.277. The molecule has 0 unspecified atom stereocenters. The second kappa shape index (κ2) is 8.83. The average molecular weight is 459 g/mol. The molecule has 0 radical (unpaired) electrons. The lowest BCUT2D eigenvalue weighted by Gasteiger charge is -2.11. The summed E-state index contributed by atoms with van der Waals surface area (Å²) < 4.78 is 46.6. The summed E-state index contributed by atoms with van der Waals surface area (Å²) in [6, 6.07) is 14.5. The van der Waals surface area contributed by atoms with Crippen LogP contribution in [0, 0.1) is 0 Å². The van der Waals surface area contributed by atoms with Gasteiger partial charge in [-0.15, -0.1) is 24.5 Å². The fourth-order valence-electron chi connectivity index (χ4n) is 2.96. The number of anilines is 1. The van der Waals surface area contributed by atoms with Gasteiger partial charge < -0.3 is 14.8 Å². The lowest BCUT2D eigenvalue weighted by atomic mass is 10.2. The second-order valence-corrected chi connectivity index (χ2v) is 7.70. The average Bonchev–Trinajstić information content (AvgIpc) is 3.20. The molecule has 6 nitrogen and oxygen atoms in total. The Morgan fingerprint density at radius 2 is 1.97 bits per heavy atom. The number of esters is 1. The third-order valence-electron chi connectivity index (χ3n) is 4.43. The smallest absolute Gasteiger partial charge is 0.465 e. The summed E-state index contributed by atoms with van der Waals surface area (Å²) in [4.78, 5) is 20.6. The van der Waals surface area contributed by atoms with E-state index in [1.807, 2.05) is 6.07 Å². The monoisotopic (exact) mass is 459 g/mol. The van der Waals surface area contributed by atoms with Crippen molar-refractivity contribution in [1.29, 1.82) is 0 Å². The van der Waals surface area contributed by atoms with E-state index >= 15 is 0 Å². The third kappa shape index (κ3) is 5.14. The van der Waals surface area contributed by atoms with E-state index in [0.29, 0.717) is 16.9 Å². The molecule has 0 amide bonds. The van der Waals surface area contributed by atoms with Crippen LogP contribution in [0.5, 0.6) is 5.75 Å². The highest BCUT2D eigenvalue weighted by Gasteiger charge is 2.31. The Hall–Kier alpha value is -3.66. The largest absolute Gasteiger partial charge is 0.573 e. The standard InChI is InChI=1S/C22H16F3N3O3S/c1-30-21(29)14-5-7-17-18(10-14)32-20(28-17)15-6-8-19(27-12-15)26-11-13-3-2-4-16(9-13)31-22(23,24)25/h2-10,12H,11H2,1H3,(H,26,27). The number of nitrogens with zero attached hydrogens (tertiary/aromatic N) is 2. The number of pyridine rings is 1. The van der Waals surface area contributed by atoms with Crippen molar-refractivity contribution < 1.29 is 27.4 Å². The van der Waals surface area contributed by atoms with Crippen LogP contribution in [0.2, 0.25) is 0 Å². The van der Waals surface area contributed by atoms with Crippen molar-refractivity contribution in [2.45, 2.75) is 12.9 Å². The Morgan fingerprint density at radius 1 is 1.12 bits per heavy atom. The SMILES string of the molecule is COC(=O)c1ccc2nc(-c3ccc(NCc4cccc(OC(F)(F)F)c4)nc3)sc2c1. The molecule has 0 aliphatic carbocycles. The van der Waals surface area contributed by atoms with Gasteiger partial charge in [0, 0.05) is 18.3 Å². The Morgan fingerprint density at radius 3 is 2.69 bits per heavy atom. The van der Waals surface area contributed by atoms with Gasteiger partial charge in [0.15, 0.2) is 0 Å². The fraction of sp³-hybridized carbons (Fsp3) is 0.136. The van der Waals surface area contributed by atoms with E-state index in [-0.39, 0.29) is 12.3 Å². The number of ether oxygens (including phenoxy) is 2. The molecule has 0 bridgehead atoms. The summed E-state index contributed by atoms with van der Waals surface area (Å²) in [5.41, 5.74) is 2.64. The maximum atomic E-state index is 12.4. The van der Waals surface area contributed by atoms with Gasteiger partial charge in [-0.05, 0) is 48.0 Å². The minimum Gasteiger partial charge on any atom is -0.465 e. The number of alkyl halides is 3. The van der Waals surface area contributed by atoms with Crippen LogP contribution in [-0.4, -0.2) is 29.4 Å².